The molecule has 1 aromatic carbocycles. The van der Waals surface area contributed by atoms with E-state index >= 15 is 0 Å². The Bertz CT molecular complexity index is 529. The fraction of sp³-hybridized carbons (Fsp3) is 0.154. The maximum atomic E-state index is 9.84. The van der Waals surface area contributed by atoms with Gasteiger partial charge >= 0.3 is 0 Å². The van der Waals surface area contributed by atoms with Gasteiger partial charge < -0.3 is 15.2 Å². The first-order valence-corrected chi connectivity index (χ1v) is 6.20. The Labute approximate surface area is 114 Å². The number of phenols is 1. The topological polar surface area (TPSA) is 54.4 Å². The Balaban J connectivity index is 2.04. The molecule has 0 aliphatic carbocycles. The molecule has 0 fully saturated rings. The number of pyridine rings is 1. The molecule has 0 saturated heterocycles. The molecule has 18 heavy (non-hydrogen) atoms. The molecule has 0 unspecified atom stereocenters. The van der Waals surface area contributed by atoms with Crippen LogP contribution in [-0.4, -0.2) is 17.2 Å². The second-order valence-corrected chi connectivity index (χ2v) is 4.54. The summed E-state index contributed by atoms with van der Waals surface area (Å²) in [5.41, 5.74) is 1.69. The summed E-state index contributed by atoms with van der Waals surface area (Å²) in [6, 6.07) is 9.20. The number of rotatable bonds is 4. The smallest absolute Gasteiger partial charge is 0.213 e. The minimum atomic E-state index is 0.256. The van der Waals surface area contributed by atoms with Crippen LogP contribution in [0, 0.1) is 0 Å². The van der Waals surface area contributed by atoms with E-state index in [0.717, 1.165) is 11.3 Å². The van der Waals surface area contributed by atoms with E-state index in [4.69, 9.17) is 4.74 Å². The molecule has 0 saturated carbocycles. The second kappa shape index (κ2) is 5.73. The Hall–Kier alpha value is -1.75. The zero-order chi connectivity index (χ0) is 13.0. The van der Waals surface area contributed by atoms with E-state index in [1.807, 2.05) is 18.2 Å². The molecular formula is C13H13BrN2O2. The first-order valence-electron chi connectivity index (χ1n) is 5.41. The lowest BCUT2D eigenvalue weighted by atomic mass is 10.2. The minimum Gasteiger partial charge on any atom is -0.506 e. The molecule has 2 rings (SSSR count). The Kier molecular flexibility index (Phi) is 4.04. The minimum absolute atomic E-state index is 0.256. The highest BCUT2D eigenvalue weighted by Gasteiger charge is 2.04. The number of hydrogen-bond donors (Lipinski definition) is 2. The molecule has 0 bridgehead atoms. The van der Waals surface area contributed by atoms with E-state index in [0.29, 0.717) is 16.9 Å². The highest BCUT2D eigenvalue weighted by Crippen LogP contribution is 2.27. The number of para-hydroxylation sites is 1. The highest BCUT2D eigenvalue weighted by molar-refractivity contribution is 9.10. The van der Waals surface area contributed by atoms with Crippen molar-refractivity contribution in [3.63, 3.8) is 0 Å². The van der Waals surface area contributed by atoms with Gasteiger partial charge in [0.1, 0.15) is 5.75 Å². The van der Waals surface area contributed by atoms with E-state index in [-0.39, 0.29) is 5.75 Å². The van der Waals surface area contributed by atoms with Crippen molar-refractivity contribution < 1.29 is 9.84 Å². The number of aromatic hydroxyl groups is 1. The summed E-state index contributed by atoms with van der Waals surface area (Å²) in [5.74, 6) is 0.831. The van der Waals surface area contributed by atoms with Crippen molar-refractivity contribution in [1.29, 1.82) is 0 Å². The molecule has 4 nitrogen and oxygen atoms in total. The van der Waals surface area contributed by atoms with Crippen molar-refractivity contribution in [2.24, 2.45) is 0 Å². The second-order valence-electron chi connectivity index (χ2n) is 3.69. The predicted octanol–water partition coefficient (Wildman–Crippen LogP) is 3.17. The van der Waals surface area contributed by atoms with Gasteiger partial charge in [-0.1, -0.05) is 12.1 Å². The molecule has 1 aromatic heterocycles. The summed E-state index contributed by atoms with van der Waals surface area (Å²) in [6.45, 7) is 0.527. The lowest BCUT2D eigenvalue weighted by molar-refractivity contribution is 0.398. The van der Waals surface area contributed by atoms with Gasteiger partial charge in [0.25, 0.3) is 0 Å². The number of methoxy groups -OCH3 is 1. The van der Waals surface area contributed by atoms with Crippen molar-refractivity contribution in [3.8, 4) is 11.6 Å². The van der Waals surface area contributed by atoms with Crippen molar-refractivity contribution >= 4 is 21.6 Å². The van der Waals surface area contributed by atoms with E-state index in [2.05, 4.69) is 26.2 Å². The average Bonchev–Trinajstić information content (AvgIpc) is 2.41. The Morgan fingerprint density at radius 1 is 1.33 bits per heavy atom. The van der Waals surface area contributed by atoms with E-state index in [1.54, 1.807) is 25.4 Å². The number of nitrogens with zero attached hydrogens (tertiary/aromatic N) is 1. The predicted molar refractivity (Wildman–Crippen MR) is 73.9 cm³/mol. The van der Waals surface area contributed by atoms with Crippen molar-refractivity contribution in [3.05, 3.63) is 46.6 Å². The molecule has 0 aliphatic heterocycles. The number of ether oxygens (including phenoxy) is 1. The number of aromatic nitrogens is 1. The third kappa shape index (κ3) is 2.92. The summed E-state index contributed by atoms with van der Waals surface area (Å²) < 4.78 is 5.67. The van der Waals surface area contributed by atoms with Gasteiger partial charge in [0.05, 0.1) is 23.5 Å². The molecule has 1 heterocycles. The molecule has 0 amide bonds. The van der Waals surface area contributed by atoms with Crippen LogP contribution >= 0.6 is 15.9 Å². The van der Waals surface area contributed by atoms with Gasteiger partial charge in [-0.15, -0.1) is 0 Å². The Morgan fingerprint density at radius 3 is 2.83 bits per heavy atom. The van der Waals surface area contributed by atoms with Crippen LogP contribution in [0.2, 0.25) is 0 Å². The van der Waals surface area contributed by atoms with Gasteiger partial charge in [0.15, 0.2) is 0 Å². The summed E-state index contributed by atoms with van der Waals surface area (Å²) >= 11 is 3.28. The van der Waals surface area contributed by atoms with Gasteiger partial charge in [0, 0.05) is 18.2 Å². The molecule has 0 radical (unpaired) electrons. The lowest BCUT2D eigenvalue weighted by Crippen LogP contribution is -2.00. The number of anilines is 1. The molecule has 5 heteroatoms. The van der Waals surface area contributed by atoms with Gasteiger partial charge in [0.2, 0.25) is 5.88 Å². The van der Waals surface area contributed by atoms with Crippen molar-refractivity contribution in [2.75, 3.05) is 12.4 Å². The molecule has 0 aliphatic rings. The Morgan fingerprint density at radius 2 is 2.17 bits per heavy atom. The number of benzene rings is 1. The first-order chi connectivity index (χ1) is 8.70. The largest absolute Gasteiger partial charge is 0.506 e. The number of nitrogens with one attached hydrogen (secondary N) is 1. The number of halogens is 1. The van der Waals surface area contributed by atoms with Crippen LogP contribution in [0.15, 0.2) is 41.0 Å². The SMILES string of the molecule is COc1ccc(NCc2cccc(Br)c2O)cn1. The third-order valence-corrected chi connectivity index (χ3v) is 3.14. The molecule has 0 atom stereocenters. The lowest BCUT2D eigenvalue weighted by Gasteiger charge is -2.09. The summed E-state index contributed by atoms with van der Waals surface area (Å²) in [6.07, 6.45) is 1.69. The van der Waals surface area contributed by atoms with Crippen LogP contribution < -0.4 is 10.1 Å². The number of hydrogen-bond acceptors (Lipinski definition) is 4. The van der Waals surface area contributed by atoms with Gasteiger partial charge in [-0.25, -0.2) is 4.98 Å². The molecule has 0 spiro atoms. The molecular weight excluding hydrogens is 296 g/mol. The van der Waals surface area contributed by atoms with Crippen LogP contribution in [0.3, 0.4) is 0 Å². The van der Waals surface area contributed by atoms with Crippen LogP contribution in [0.4, 0.5) is 5.69 Å². The fourth-order valence-corrected chi connectivity index (χ4v) is 1.91. The van der Waals surface area contributed by atoms with E-state index in [1.165, 1.54) is 0 Å². The molecule has 94 valence electrons. The first kappa shape index (κ1) is 12.7. The van der Waals surface area contributed by atoms with Crippen LogP contribution in [0.5, 0.6) is 11.6 Å². The average molecular weight is 309 g/mol. The van der Waals surface area contributed by atoms with Gasteiger partial charge in [-0.05, 0) is 28.1 Å². The summed E-state index contributed by atoms with van der Waals surface area (Å²) in [5, 5.41) is 13.0. The van der Waals surface area contributed by atoms with Gasteiger partial charge in [-0.3, -0.25) is 0 Å². The van der Waals surface area contributed by atoms with Crippen molar-refractivity contribution in [1.82, 2.24) is 4.98 Å². The monoisotopic (exact) mass is 308 g/mol. The normalized spacial score (nSPS) is 10.1. The summed E-state index contributed by atoms with van der Waals surface area (Å²) in [4.78, 5) is 4.09. The van der Waals surface area contributed by atoms with E-state index < -0.39 is 0 Å². The highest BCUT2D eigenvalue weighted by atomic mass is 79.9. The molecule has 2 aromatic rings. The maximum Gasteiger partial charge on any atom is 0.213 e. The van der Waals surface area contributed by atoms with Crippen LogP contribution in [0.1, 0.15) is 5.56 Å². The zero-order valence-corrected chi connectivity index (χ0v) is 11.4. The van der Waals surface area contributed by atoms with Crippen LogP contribution in [-0.2, 0) is 6.54 Å². The third-order valence-electron chi connectivity index (χ3n) is 2.50. The maximum absolute atomic E-state index is 9.84. The zero-order valence-electron chi connectivity index (χ0n) is 9.85. The van der Waals surface area contributed by atoms with Crippen LogP contribution in [0.25, 0.3) is 0 Å². The standard InChI is InChI=1S/C13H13BrN2O2/c1-18-12-6-5-10(8-16-12)15-7-9-3-2-4-11(14)13(9)17/h2-6,8,15,17H,7H2,1H3. The van der Waals surface area contributed by atoms with E-state index in [9.17, 15) is 5.11 Å². The van der Waals surface area contributed by atoms with Gasteiger partial charge in [-0.2, -0.15) is 0 Å². The number of phenolic OH excluding ortho intramolecular Hbond substituents is 1. The molecule has 2 N–H and O–H groups in total. The fourth-order valence-electron chi connectivity index (χ4n) is 1.51. The quantitative estimate of drug-likeness (QED) is 0.911. The summed E-state index contributed by atoms with van der Waals surface area (Å²) in [7, 11) is 1.58. The van der Waals surface area contributed by atoms with Crippen molar-refractivity contribution in [2.45, 2.75) is 6.54 Å².